The maximum atomic E-state index is 13.2. The molecule has 0 N–H and O–H groups in total. The number of hydrogen-bond acceptors (Lipinski definition) is 5. The van der Waals surface area contributed by atoms with Crippen molar-refractivity contribution in [2.45, 2.75) is 65.7 Å². The SMILES string of the molecule is CCC(C(=O)C(C)C)c1nccc2c1C(C)N(Cc1cnc(OCC(F)(F)F)c(C)c1)C2=O. The van der Waals surface area contributed by atoms with E-state index in [0.717, 1.165) is 5.56 Å². The maximum absolute atomic E-state index is 13.2. The van der Waals surface area contributed by atoms with Gasteiger partial charge in [0.25, 0.3) is 5.91 Å². The van der Waals surface area contributed by atoms with E-state index in [1.807, 2.05) is 27.7 Å². The number of carbonyl (C=O) groups excluding carboxylic acids is 2. The van der Waals surface area contributed by atoms with E-state index in [1.165, 1.54) is 6.20 Å². The lowest BCUT2D eigenvalue weighted by Crippen LogP contribution is -2.27. The minimum absolute atomic E-state index is 0.0887. The van der Waals surface area contributed by atoms with Crippen LogP contribution in [0.5, 0.6) is 5.88 Å². The largest absolute Gasteiger partial charge is 0.468 e. The average Bonchev–Trinajstić information content (AvgIpc) is 2.98. The molecule has 0 bridgehead atoms. The molecule has 6 nitrogen and oxygen atoms in total. The third-order valence-corrected chi connectivity index (χ3v) is 5.86. The molecule has 2 aromatic heterocycles. The summed E-state index contributed by atoms with van der Waals surface area (Å²) in [6, 6.07) is 3.02. The fourth-order valence-corrected chi connectivity index (χ4v) is 4.22. The van der Waals surface area contributed by atoms with E-state index in [2.05, 4.69) is 9.97 Å². The van der Waals surface area contributed by atoms with Crippen molar-refractivity contribution >= 4 is 11.7 Å². The van der Waals surface area contributed by atoms with Crippen molar-refractivity contribution in [1.29, 1.82) is 0 Å². The molecule has 0 fully saturated rings. The van der Waals surface area contributed by atoms with Gasteiger partial charge in [-0.25, -0.2) is 4.98 Å². The Bertz CT molecular complexity index is 1050. The molecule has 0 aromatic carbocycles. The number of hydrogen-bond donors (Lipinski definition) is 0. The molecule has 33 heavy (non-hydrogen) atoms. The van der Waals surface area contributed by atoms with Crippen LogP contribution in [0.4, 0.5) is 13.2 Å². The summed E-state index contributed by atoms with van der Waals surface area (Å²) in [7, 11) is 0. The topological polar surface area (TPSA) is 72.4 Å². The molecule has 2 aromatic rings. The first-order chi connectivity index (χ1) is 15.4. The summed E-state index contributed by atoms with van der Waals surface area (Å²) in [6.45, 7) is 7.94. The van der Waals surface area contributed by atoms with E-state index in [4.69, 9.17) is 4.74 Å². The van der Waals surface area contributed by atoms with Crippen LogP contribution < -0.4 is 4.74 Å². The summed E-state index contributed by atoms with van der Waals surface area (Å²) in [5, 5.41) is 0. The van der Waals surface area contributed by atoms with Gasteiger partial charge >= 0.3 is 6.18 Å². The number of fused-ring (bicyclic) bond motifs is 1. The van der Waals surface area contributed by atoms with Crippen molar-refractivity contribution in [3.63, 3.8) is 0 Å². The van der Waals surface area contributed by atoms with Crippen LogP contribution in [0.15, 0.2) is 24.5 Å². The number of halogens is 3. The number of pyridine rings is 2. The minimum atomic E-state index is -4.45. The first kappa shape index (κ1) is 24.7. The molecule has 9 heteroatoms. The zero-order valence-electron chi connectivity index (χ0n) is 19.4. The first-order valence-electron chi connectivity index (χ1n) is 10.9. The molecule has 178 valence electrons. The number of nitrogens with zero attached hydrogens (tertiary/aromatic N) is 3. The van der Waals surface area contributed by atoms with Crippen LogP contribution in [-0.2, 0) is 11.3 Å². The molecule has 0 saturated carbocycles. The van der Waals surface area contributed by atoms with Gasteiger partial charge in [-0.3, -0.25) is 14.6 Å². The number of Topliss-reactive ketones (excluding diaryl/α,β-unsaturated/α-hetero) is 1. The highest BCUT2D eigenvalue weighted by Crippen LogP contribution is 2.40. The zero-order valence-corrected chi connectivity index (χ0v) is 19.4. The Morgan fingerprint density at radius 3 is 2.55 bits per heavy atom. The highest BCUT2D eigenvalue weighted by molar-refractivity contribution is 6.00. The van der Waals surface area contributed by atoms with Gasteiger partial charge < -0.3 is 9.64 Å². The van der Waals surface area contributed by atoms with Crippen molar-refractivity contribution in [3.8, 4) is 5.88 Å². The van der Waals surface area contributed by atoms with Crippen LogP contribution in [0.2, 0.25) is 0 Å². The number of ketones is 1. The summed E-state index contributed by atoms with van der Waals surface area (Å²) < 4.78 is 42.0. The van der Waals surface area contributed by atoms with Crippen LogP contribution in [0.25, 0.3) is 0 Å². The van der Waals surface area contributed by atoms with Gasteiger partial charge in [0, 0.05) is 41.5 Å². The lowest BCUT2D eigenvalue weighted by Gasteiger charge is -2.24. The van der Waals surface area contributed by atoms with Crippen LogP contribution in [0, 0.1) is 12.8 Å². The van der Waals surface area contributed by atoms with Gasteiger partial charge in [-0.05, 0) is 38.0 Å². The molecule has 0 aliphatic carbocycles. The second-order valence-corrected chi connectivity index (χ2v) is 8.65. The second-order valence-electron chi connectivity index (χ2n) is 8.65. The Hall–Kier alpha value is -2.97. The molecule has 2 unspecified atom stereocenters. The third-order valence-electron chi connectivity index (χ3n) is 5.86. The predicted molar refractivity (Wildman–Crippen MR) is 116 cm³/mol. The molecule has 2 atom stereocenters. The average molecular weight is 464 g/mol. The molecule has 0 saturated heterocycles. The van der Waals surface area contributed by atoms with E-state index in [-0.39, 0.29) is 42.0 Å². The Morgan fingerprint density at radius 2 is 1.97 bits per heavy atom. The van der Waals surface area contributed by atoms with Crippen LogP contribution in [0.1, 0.15) is 78.8 Å². The molecule has 1 amide bonds. The summed E-state index contributed by atoms with van der Waals surface area (Å²) >= 11 is 0. The molecular formula is C24H28F3N3O3. The monoisotopic (exact) mass is 463 g/mol. The maximum Gasteiger partial charge on any atom is 0.422 e. The summed E-state index contributed by atoms with van der Waals surface area (Å²) in [6.07, 6.45) is -0.881. The molecule has 1 aliphatic heterocycles. The van der Waals surface area contributed by atoms with Crippen LogP contribution in [0.3, 0.4) is 0 Å². The van der Waals surface area contributed by atoms with Gasteiger partial charge in [-0.15, -0.1) is 0 Å². The fourth-order valence-electron chi connectivity index (χ4n) is 4.22. The lowest BCUT2D eigenvalue weighted by atomic mass is 9.86. The Labute approximate surface area is 191 Å². The highest BCUT2D eigenvalue weighted by Gasteiger charge is 2.39. The zero-order chi connectivity index (χ0) is 24.5. The number of alkyl halides is 3. The van der Waals surface area contributed by atoms with Gasteiger partial charge in [-0.1, -0.05) is 20.8 Å². The lowest BCUT2D eigenvalue weighted by molar-refractivity contribution is -0.154. The number of amides is 1. The summed E-state index contributed by atoms with van der Waals surface area (Å²) in [5.41, 5.74) is 3.04. The Balaban J connectivity index is 1.86. The predicted octanol–water partition coefficient (Wildman–Crippen LogP) is 5.16. The Kier molecular flexibility index (Phi) is 7.09. The normalized spacial score (nSPS) is 16.8. The number of ether oxygens (including phenoxy) is 1. The van der Waals surface area contributed by atoms with E-state index in [9.17, 15) is 22.8 Å². The van der Waals surface area contributed by atoms with Crippen molar-refractivity contribution in [1.82, 2.24) is 14.9 Å². The Morgan fingerprint density at radius 1 is 1.27 bits per heavy atom. The number of aromatic nitrogens is 2. The fraction of sp³-hybridized carbons (Fsp3) is 0.500. The third kappa shape index (κ3) is 5.17. The van der Waals surface area contributed by atoms with Gasteiger partial charge in [0.05, 0.1) is 17.7 Å². The molecular weight excluding hydrogens is 435 g/mol. The van der Waals surface area contributed by atoms with E-state index in [1.54, 1.807) is 30.2 Å². The van der Waals surface area contributed by atoms with E-state index < -0.39 is 12.8 Å². The standard InChI is InChI=1S/C24H28F3N3O3/c1-6-17(21(31)13(2)3)20-19-15(5)30(23(32)18(19)7-8-28-20)11-16-9-14(4)22(29-10-16)33-12-24(25,26)27/h7-10,13,15,17H,6,11-12H2,1-5H3. The smallest absolute Gasteiger partial charge is 0.422 e. The first-order valence-corrected chi connectivity index (χ1v) is 10.9. The van der Waals surface area contributed by atoms with Gasteiger partial charge in [0.15, 0.2) is 6.61 Å². The number of carbonyl (C=O) groups is 2. The van der Waals surface area contributed by atoms with Crippen LogP contribution in [-0.4, -0.2) is 39.3 Å². The van der Waals surface area contributed by atoms with Crippen molar-refractivity contribution in [3.05, 3.63) is 52.5 Å². The van der Waals surface area contributed by atoms with Gasteiger partial charge in [-0.2, -0.15) is 13.2 Å². The highest BCUT2D eigenvalue weighted by atomic mass is 19.4. The number of aryl methyl sites for hydroxylation is 1. The van der Waals surface area contributed by atoms with Gasteiger partial charge in [0.1, 0.15) is 5.78 Å². The number of rotatable bonds is 8. The minimum Gasteiger partial charge on any atom is -0.468 e. The molecule has 1 aliphatic rings. The summed E-state index contributed by atoms with van der Waals surface area (Å²) in [4.78, 5) is 36.1. The molecule has 0 radical (unpaired) electrons. The van der Waals surface area contributed by atoms with Gasteiger partial charge in [0.2, 0.25) is 5.88 Å². The van der Waals surface area contributed by atoms with Crippen molar-refractivity contribution < 1.29 is 27.5 Å². The second kappa shape index (κ2) is 9.49. The molecule has 0 spiro atoms. The molecule has 3 rings (SSSR count). The summed E-state index contributed by atoms with van der Waals surface area (Å²) in [5.74, 6) is -0.717. The van der Waals surface area contributed by atoms with E-state index >= 15 is 0 Å². The van der Waals surface area contributed by atoms with E-state index in [0.29, 0.717) is 28.8 Å². The van der Waals surface area contributed by atoms with Crippen LogP contribution >= 0.6 is 0 Å². The van der Waals surface area contributed by atoms with Crippen molar-refractivity contribution in [2.75, 3.05) is 6.61 Å². The van der Waals surface area contributed by atoms with Crippen molar-refractivity contribution in [2.24, 2.45) is 5.92 Å². The molecule has 3 heterocycles. The quantitative estimate of drug-likeness (QED) is 0.541.